The van der Waals surface area contributed by atoms with Crippen LogP contribution in [0.15, 0.2) is 24.3 Å². The molecular formula is C15H19NO3. The Morgan fingerprint density at radius 1 is 1.32 bits per heavy atom. The van der Waals surface area contributed by atoms with Crippen LogP contribution in [-0.4, -0.2) is 36.5 Å². The molecule has 1 saturated heterocycles. The van der Waals surface area contributed by atoms with Gasteiger partial charge in [0.05, 0.1) is 7.11 Å². The van der Waals surface area contributed by atoms with E-state index in [1.807, 2.05) is 25.1 Å². The number of hydrogen-bond acceptors (Lipinski definition) is 3. The maximum atomic E-state index is 12.5. The SMILES string of the molecule is COC(=O)C1CCCCN1C(=O)c1cccc(C)c1. The highest BCUT2D eigenvalue weighted by atomic mass is 16.5. The summed E-state index contributed by atoms with van der Waals surface area (Å²) in [5.41, 5.74) is 1.67. The molecule has 102 valence electrons. The van der Waals surface area contributed by atoms with Gasteiger partial charge in [-0.05, 0) is 38.3 Å². The first kappa shape index (κ1) is 13.6. The van der Waals surface area contributed by atoms with Gasteiger partial charge >= 0.3 is 5.97 Å². The molecular weight excluding hydrogens is 242 g/mol. The number of aryl methyl sites for hydroxylation is 1. The van der Waals surface area contributed by atoms with E-state index < -0.39 is 6.04 Å². The Kier molecular flexibility index (Phi) is 4.20. The second kappa shape index (κ2) is 5.87. The van der Waals surface area contributed by atoms with Crippen LogP contribution in [0.25, 0.3) is 0 Å². The molecule has 1 unspecified atom stereocenters. The molecule has 0 N–H and O–H groups in total. The van der Waals surface area contributed by atoms with Crippen LogP contribution in [0, 0.1) is 6.92 Å². The van der Waals surface area contributed by atoms with Crippen LogP contribution in [0.3, 0.4) is 0 Å². The van der Waals surface area contributed by atoms with E-state index in [1.54, 1.807) is 11.0 Å². The number of rotatable bonds is 2. The van der Waals surface area contributed by atoms with Crippen molar-refractivity contribution in [3.63, 3.8) is 0 Å². The molecule has 4 heteroatoms. The van der Waals surface area contributed by atoms with E-state index in [9.17, 15) is 9.59 Å². The maximum Gasteiger partial charge on any atom is 0.328 e. The average Bonchev–Trinajstić information content (AvgIpc) is 2.45. The number of likely N-dealkylation sites (tertiary alicyclic amines) is 1. The smallest absolute Gasteiger partial charge is 0.328 e. The van der Waals surface area contributed by atoms with Gasteiger partial charge in [0, 0.05) is 12.1 Å². The summed E-state index contributed by atoms with van der Waals surface area (Å²) in [5.74, 6) is -0.403. The highest BCUT2D eigenvalue weighted by Crippen LogP contribution is 2.21. The van der Waals surface area contributed by atoms with Gasteiger partial charge in [0.2, 0.25) is 0 Å². The van der Waals surface area contributed by atoms with Crippen LogP contribution < -0.4 is 0 Å². The van der Waals surface area contributed by atoms with Crippen molar-refractivity contribution in [1.29, 1.82) is 0 Å². The van der Waals surface area contributed by atoms with E-state index in [2.05, 4.69) is 0 Å². The molecule has 4 nitrogen and oxygen atoms in total. The van der Waals surface area contributed by atoms with Gasteiger partial charge in [0.1, 0.15) is 6.04 Å². The average molecular weight is 261 g/mol. The number of esters is 1. The second-order valence-electron chi connectivity index (χ2n) is 4.90. The minimum Gasteiger partial charge on any atom is -0.467 e. The van der Waals surface area contributed by atoms with Gasteiger partial charge in [0.15, 0.2) is 0 Å². The molecule has 2 rings (SSSR count). The molecule has 1 fully saturated rings. The first-order valence-electron chi connectivity index (χ1n) is 6.59. The fourth-order valence-corrected chi connectivity index (χ4v) is 2.50. The van der Waals surface area contributed by atoms with Crippen molar-refractivity contribution in [3.8, 4) is 0 Å². The zero-order valence-corrected chi connectivity index (χ0v) is 11.4. The molecule has 0 aromatic heterocycles. The number of piperidine rings is 1. The molecule has 0 spiro atoms. The Balaban J connectivity index is 2.22. The van der Waals surface area contributed by atoms with Gasteiger partial charge < -0.3 is 9.64 Å². The predicted molar refractivity (Wildman–Crippen MR) is 71.9 cm³/mol. The zero-order chi connectivity index (χ0) is 13.8. The number of carbonyl (C=O) groups is 2. The third kappa shape index (κ3) is 2.95. The number of methoxy groups -OCH3 is 1. The molecule has 0 radical (unpaired) electrons. The second-order valence-corrected chi connectivity index (χ2v) is 4.90. The van der Waals surface area contributed by atoms with Gasteiger partial charge in [-0.2, -0.15) is 0 Å². The minimum absolute atomic E-state index is 0.0844. The molecule has 0 saturated carbocycles. The largest absolute Gasteiger partial charge is 0.467 e. The Bertz CT molecular complexity index is 484. The molecule has 1 aromatic rings. The third-order valence-electron chi connectivity index (χ3n) is 3.50. The number of benzene rings is 1. The fraction of sp³-hybridized carbons (Fsp3) is 0.467. The van der Waals surface area contributed by atoms with Crippen LogP contribution in [-0.2, 0) is 9.53 Å². The third-order valence-corrected chi connectivity index (χ3v) is 3.50. The van der Waals surface area contributed by atoms with Gasteiger partial charge in [-0.25, -0.2) is 4.79 Å². The van der Waals surface area contributed by atoms with E-state index in [-0.39, 0.29) is 11.9 Å². The van der Waals surface area contributed by atoms with E-state index in [0.717, 1.165) is 18.4 Å². The summed E-state index contributed by atoms with van der Waals surface area (Å²) in [6.45, 7) is 2.57. The number of ether oxygens (including phenoxy) is 1. The molecule has 1 aliphatic rings. The van der Waals surface area contributed by atoms with Crippen molar-refractivity contribution in [2.75, 3.05) is 13.7 Å². The van der Waals surface area contributed by atoms with Crippen LogP contribution in [0.4, 0.5) is 0 Å². The summed E-state index contributed by atoms with van der Waals surface area (Å²) in [5, 5.41) is 0. The molecule has 1 aliphatic heterocycles. The highest BCUT2D eigenvalue weighted by Gasteiger charge is 2.33. The summed E-state index contributed by atoms with van der Waals surface area (Å²) >= 11 is 0. The van der Waals surface area contributed by atoms with Crippen molar-refractivity contribution in [2.45, 2.75) is 32.2 Å². The highest BCUT2D eigenvalue weighted by molar-refractivity contribution is 5.97. The lowest BCUT2D eigenvalue weighted by atomic mass is 10.0. The number of nitrogens with zero attached hydrogens (tertiary/aromatic N) is 1. The summed E-state index contributed by atoms with van der Waals surface area (Å²) in [4.78, 5) is 25.9. The maximum absolute atomic E-state index is 12.5. The van der Waals surface area contributed by atoms with Crippen molar-refractivity contribution in [1.82, 2.24) is 4.90 Å². The van der Waals surface area contributed by atoms with Crippen molar-refractivity contribution >= 4 is 11.9 Å². The quantitative estimate of drug-likeness (QED) is 0.766. The Labute approximate surface area is 113 Å². The first-order chi connectivity index (χ1) is 9.13. The molecule has 0 aliphatic carbocycles. The van der Waals surface area contributed by atoms with E-state index in [4.69, 9.17) is 4.74 Å². The van der Waals surface area contributed by atoms with Crippen LogP contribution in [0.2, 0.25) is 0 Å². The molecule has 1 amide bonds. The summed E-state index contributed by atoms with van der Waals surface area (Å²) < 4.78 is 4.80. The van der Waals surface area contributed by atoms with Crippen LogP contribution >= 0.6 is 0 Å². The summed E-state index contributed by atoms with van der Waals surface area (Å²) in [6, 6.07) is 7.01. The Morgan fingerprint density at radius 2 is 2.11 bits per heavy atom. The van der Waals surface area contributed by atoms with E-state index in [0.29, 0.717) is 18.5 Å². The lowest BCUT2D eigenvalue weighted by Gasteiger charge is -2.33. The summed E-state index contributed by atoms with van der Waals surface area (Å²) in [6.07, 6.45) is 2.58. The van der Waals surface area contributed by atoms with Crippen LogP contribution in [0.5, 0.6) is 0 Å². The molecule has 1 heterocycles. The standard InChI is InChI=1S/C15H19NO3/c1-11-6-5-7-12(10-11)14(17)16-9-4-3-8-13(16)15(18)19-2/h5-7,10,13H,3-4,8-9H2,1-2H3. The molecule has 0 bridgehead atoms. The van der Waals surface area contributed by atoms with Gasteiger partial charge in [0.25, 0.3) is 5.91 Å². The number of carbonyl (C=O) groups excluding carboxylic acids is 2. The molecule has 1 aromatic carbocycles. The number of amides is 1. The predicted octanol–water partition coefficient (Wildman–Crippen LogP) is 2.16. The number of hydrogen-bond donors (Lipinski definition) is 0. The topological polar surface area (TPSA) is 46.6 Å². The lowest BCUT2D eigenvalue weighted by molar-refractivity contribution is -0.147. The van der Waals surface area contributed by atoms with Gasteiger partial charge in [-0.3, -0.25) is 4.79 Å². The Hall–Kier alpha value is -1.84. The minimum atomic E-state index is -0.438. The van der Waals surface area contributed by atoms with Crippen molar-refractivity contribution < 1.29 is 14.3 Å². The van der Waals surface area contributed by atoms with Crippen molar-refractivity contribution in [3.05, 3.63) is 35.4 Å². The fourth-order valence-electron chi connectivity index (χ4n) is 2.50. The summed E-state index contributed by atoms with van der Waals surface area (Å²) in [7, 11) is 1.37. The Morgan fingerprint density at radius 3 is 2.79 bits per heavy atom. The van der Waals surface area contributed by atoms with E-state index >= 15 is 0 Å². The monoisotopic (exact) mass is 261 g/mol. The van der Waals surface area contributed by atoms with E-state index in [1.165, 1.54) is 7.11 Å². The first-order valence-corrected chi connectivity index (χ1v) is 6.59. The van der Waals surface area contributed by atoms with Crippen molar-refractivity contribution in [2.24, 2.45) is 0 Å². The molecule has 19 heavy (non-hydrogen) atoms. The van der Waals surface area contributed by atoms with Gasteiger partial charge in [-0.1, -0.05) is 17.7 Å². The van der Waals surface area contributed by atoms with Crippen LogP contribution in [0.1, 0.15) is 35.2 Å². The lowest BCUT2D eigenvalue weighted by Crippen LogP contribution is -2.48. The normalized spacial score (nSPS) is 19.1. The molecule has 1 atom stereocenters. The zero-order valence-electron chi connectivity index (χ0n) is 11.4. The van der Waals surface area contributed by atoms with Gasteiger partial charge in [-0.15, -0.1) is 0 Å².